The SMILES string of the molecule is CCCN(Cc1ccc(OCCN2C(=O)CCN(C)C2=O)c(C)c1)C(CC(=O)O)c1ccc(Cl)cc1. The third kappa shape index (κ3) is 7.21. The summed E-state index contributed by atoms with van der Waals surface area (Å²) in [5.74, 6) is -0.347. The van der Waals surface area contributed by atoms with Gasteiger partial charge in [-0.05, 0) is 54.8 Å². The number of imide groups is 1. The van der Waals surface area contributed by atoms with Gasteiger partial charge in [0.25, 0.3) is 0 Å². The van der Waals surface area contributed by atoms with Crippen LogP contribution in [0.25, 0.3) is 0 Å². The monoisotopic (exact) mass is 515 g/mol. The summed E-state index contributed by atoms with van der Waals surface area (Å²) in [6.45, 7) is 6.20. The number of aliphatic carboxylic acids is 1. The van der Waals surface area contributed by atoms with Crippen LogP contribution in [-0.2, 0) is 16.1 Å². The van der Waals surface area contributed by atoms with Gasteiger partial charge in [0.05, 0.1) is 13.0 Å². The lowest BCUT2D eigenvalue weighted by atomic mass is 10.0. The summed E-state index contributed by atoms with van der Waals surface area (Å²) in [5, 5.41) is 10.2. The van der Waals surface area contributed by atoms with Gasteiger partial charge in [0.2, 0.25) is 5.91 Å². The highest BCUT2D eigenvalue weighted by Crippen LogP contribution is 2.29. The number of halogens is 1. The number of rotatable bonds is 12. The molecule has 1 heterocycles. The molecular weight excluding hydrogens is 482 g/mol. The summed E-state index contributed by atoms with van der Waals surface area (Å²) in [5.41, 5.74) is 2.89. The molecule has 1 N–H and O–H groups in total. The van der Waals surface area contributed by atoms with E-state index in [1.165, 1.54) is 9.80 Å². The molecule has 1 atom stereocenters. The van der Waals surface area contributed by atoms with Crippen LogP contribution in [0.5, 0.6) is 5.75 Å². The minimum atomic E-state index is -0.854. The summed E-state index contributed by atoms with van der Waals surface area (Å²) in [7, 11) is 1.68. The van der Waals surface area contributed by atoms with Crippen molar-refractivity contribution < 1.29 is 24.2 Å². The first-order valence-electron chi connectivity index (χ1n) is 12.2. The molecule has 3 rings (SSSR count). The Morgan fingerprint density at radius 3 is 2.56 bits per heavy atom. The van der Waals surface area contributed by atoms with Crippen molar-refractivity contribution in [3.63, 3.8) is 0 Å². The van der Waals surface area contributed by atoms with Gasteiger partial charge in [-0.3, -0.25) is 19.4 Å². The van der Waals surface area contributed by atoms with E-state index in [9.17, 15) is 19.5 Å². The van der Waals surface area contributed by atoms with Gasteiger partial charge in [-0.1, -0.05) is 42.8 Å². The van der Waals surface area contributed by atoms with Crippen molar-refractivity contribution in [2.24, 2.45) is 0 Å². The summed E-state index contributed by atoms with van der Waals surface area (Å²) in [6, 6.07) is 12.6. The molecule has 3 amide bonds. The van der Waals surface area contributed by atoms with Crippen LogP contribution in [0, 0.1) is 6.92 Å². The van der Waals surface area contributed by atoms with Crippen LogP contribution >= 0.6 is 11.6 Å². The molecule has 1 fully saturated rings. The molecule has 8 nitrogen and oxygen atoms in total. The van der Waals surface area contributed by atoms with Crippen molar-refractivity contribution in [2.45, 2.75) is 45.7 Å². The van der Waals surface area contributed by atoms with Gasteiger partial charge in [-0.15, -0.1) is 0 Å². The van der Waals surface area contributed by atoms with Gasteiger partial charge in [-0.2, -0.15) is 0 Å². The Morgan fingerprint density at radius 1 is 1.19 bits per heavy atom. The third-order valence-corrected chi connectivity index (χ3v) is 6.54. The molecule has 0 saturated carbocycles. The standard InChI is InChI=1S/C27H34ClN3O5/c1-4-12-30(23(17-26(33)34)21-6-8-22(28)9-7-21)18-20-5-10-24(19(2)16-20)36-15-14-31-25(32)11-13-29(3)27(31)35/h5-10,16,23H,4,11-15,17-18H2,1-3H3,(H,33,34). The second-order valence-corrected chi connectivity index (χ2v) is 9.52. The van der Waals surface area contributed by atoms with E-state index in [1.807, 2.05) is 37.3 Å². The fraction of sp³-hybridized carbons (Fsp3) is 0.444. The second-order valence-electron chi connectivity index (χ2n) is 9.08. The fourth-order valence-electron chi connectivity index (χ4n) is 4.42. The highest BCUT2D eigenvalue weighted by Gasteiger charge is 2.29. The van der Waals surface area contributed by atoms with Gasteiger partial charge in [0.1, 0.15) is 12.4 Å². The Hall–Kier alpha value is -3.10. The molecule has 2 aromatic rings. The Balaban J connectivity index is 1.68. The van der Waals surface area contributed by atoms with E-state index >= 15 is 0 Å². The van der Waals surface area contributed by atoms with Crippen molar-refractivity contribution in [1.29, 1.82) is 0 Å². The Labute approximate surface area is 217 Å². The highest BCUT2D eigenvalue weighted by atomic mass is 35.5. The molecule has 0 spiro atoms. The fourth-order valence-corrected chi connectivity index (χ4v) is 4.55. The topological polar surface area (TPSA) is 90.4 Å². The molecule has 0 aliphatic carbocycles. The minimum absolute atomic E-state index is 0.00899. The first-order valence-corrected chi connectivity index (χ1v) is 12.6. The van der Waals surface area contributed by atoms with Crippen molar-refractivity contribution in [1.82, 2.24) is 14.7 Å². The molecule has 36 heavy (non-hydrogen) atoms. The summed E-state index contributed by atoms with van der Waals surface area (Å²) in [6.07, 6.45) is 1.20. The molecule has 2 aromatic carbocycles. The summed E-state index contributed by atoms with van der Waals surface area (Å²) < 4.78 is 5.89. The zero-order chi connectivity index (χ0) is 26.2. The number of urea groups is 1. The van der Waals surface area contributed by atoms with E-state index in [2.05, 4.69) is 11.8 Å². The highest BCUT2D eigenvalue weighted by molar-refractivity contribution is 6.30. The number of carboxylic acids is 1. The normalized spacial score (nSPS) is 14.9. The second kappa shape index (κ2) is 12.7. The number of carboxylic acid groups (broad SMARTS) is 1. The zero-order valence-electron chi connectivity index (χ0n) is 21.1. The smallest absolute Gasteiger partial charge is 0.326 e. The average molecular weight is 516 g/mol. The minimum Gasteiger partial charge on any atom is -0.491 e. The zero-order valence-corrected chi connectivity index (χ0v) is 21.8. The van der Waals surface area contributed by atoms with Crippen molar-refractivity contribution in [3.8, 4) is 5.75 Å². The lowest BCUT2D eigenvalue weighted by molar-refractivity contribution is -0.138. The van der Waals surface area contributed by atoms with Gasteiger partial charge < -0.3 is 14.7 Å². The molecule has 1 unspecified atom stereocenters. The number of carbonyl (C=O) groups excluding carboxylic acids is 2. The molecule has 0 bridgehead atoms. The molecule has 1 aliphatic rings. The van der Waals surface area contributed by atoms with Crippen LogP contribution < -0.4 is 4.74 Å². The van der Waals surface area contributed by atoms with E-state index in [4.69, 9.17) is 16.3 Å². The van der Waals surface area contributed by atoms with E-state index in [0.717, 1.165) is 29.7 Å². The van der Waals surface area contributed by atoms with Crippen molar-refractivity contribution in [2.75, 3.05) is 33.3 Å². The molecular formula is C27H34ClN3O5. The van der Waals surface area contributed by atoms with Crippen LogP contribution in [0.1, 0.15) is 48.9 Å². The number of benzene rings is 2. The number of aryl methyl sites for hydroxylation is 1. The Morgan fingerprint density at radius 2 is 1.92 bits per heavy atom. The molecule has 194 valence electrons. The molecule has 1 saturated heterocycles. The lowest BCUT2D eigenvalue weighted by Gasteiger charge is -2.32. The Kier molecular flexibility index (Phi) is 9.73. The molecule has 9 heteroatoms. The van der Waals surface area contributed by atoms with E-state index < -0.39 is 5.97 Å². The van der Waals surface area contributed by atoms with Crippen molar-refractivity contribution in [3.05, 3.63) is 64.2 Å². The van der Waals surface area contributed by atoms with E-state index in [-0.39, 0.29) is 37.6 Å². The van der Waals surface area contributed by atoms with Crippen LogP contribution in [0.4, 0.5) is 4.79 Å². The quantitative estimate of drug-likeness (QED) is 0.439. The van der Waals surface area contributed by atoms with Gasteiger partial charge in [-0.25, -0.2) is 4.79 Å². The van der Waals surface area contributed by atoms with E-state index in [1.54, 1.807) is 19.2 Å². The predicted octanol–water partition coefficient (Wildman–Crippen LogP) is 4.74. The maximum absolute atomic E-state index is 12.2. The average Bonchev–Trinajstić information content (AvgIpc) is 2.83. The first-order chi connectivity index (χ1) is 17.2. The number of amides is 3. The Bertz CT molecular complexity index is 1080. The van der Waals surface area contributed by atoms with Gasteiger partial charge >= 0.3 is 12.0 Å². The van der Waals surface area contributed by atoms with Crippen LogP contribution in [0.3, 0.4) is 0 Å². The van der Waals surface area contributed by atoms with Crippen LogP contribution in [0.15, 0.2) is 42.5 Å². The lowest BCUT2D eigenvalue weighted by Crippen LogP contribution is -2.51. The molecule has 1 aliphatic heterocycles. The summed E-state index contributed by atoms with van der Waals surface area (Å²) >= 11 is 6.05. The number of ether oxygens (including phenoxy) is 1. The maximum Gasteiger partial charge on any atom is 0.326 e. The maximum atomic E-state index is 12.2. The third-order valence-electron chi connectivity index (χ3n) is 6.29. The summed E-state index contributed by atoms with van der Waals surface area (Å²) in [4.78, 5) is 40.9. The van der Waals surface area contributed by atoms with Gasteiger partial charge in [0.15, 0.2) is 0 Å². The van der Waals surface area contributed by atoms with Gasteiger partial charge in [0, 0.05) is 37.6 Å². The van der Waals surface area contributed by atoms with E-state index in [0.29, 0.717) is 30.3 Å². The largest absolute Gasteiger partial charge is 0.491 e. The number of hydrogen-bond donors (Lipinski definition) is 1. The van der Waals surface area contributed by atoms with Crippen LogP contribution in [0.2, 0.25) is 5.02 Å². The molecule has 0 aromatic heterocycles. The first kappa shape index (κ1) is 27.5. The van der Waals surface area contributed by atoms with Crippen LogP contribution in [-0.4, -0.2) is 71.0 Å². The number of carbonyl (C=O) groups is 3. The van der Waals surface area contributed by atoms with Crippen molar-refractivity contribution >= 4 is 29.5 Å². The number of nitrogens with zero attached hydrogens (tertiary/aromatic N) is 3. The number of hydrogen-bond acceptors (Lipinski definition) is 5. The predicted molar refractivity (Wildman–Crippen MR) is 138 cm³/mol. The molecule has 0 radical (unpaired) electrons.